The van der Waals surface area contributed by atoms with E-state index in [2.05, 4.69) is 62.4 Å². The molecular formula is C34H36O4. The monoisotopic (exact) mass is 508 g/mol. The summed E-state index contributed by atoms with van der Waals surface area (Å²) in [5.41, 5.74) is 4.85. The van der Waals surface area contributed by atoms with E-state index in [0.29, 0.717) is 0 Å². The van der Waals surface area contributed by atoms with E-state index in [0.717, 1.165) is 95.1 Å². The Morgan fingerprint density at radius 2 is 1.32 bits per heavy atom. The highest BCUT2D eigenvalue weighted by Crippen LogP contribution is 2.38. The van der Waals surface area contributed by atoms with Crippen LogP contribution < -0.4 is 4.74 Å². The summed E-state index contributed by atoms with van der Waals surface area (Å²) in [5.74, 6) is 0.863. The van der Waals surface area contributed by atoms with Crippen molar-refractivity contribution in [2.24, 2.45) is 0 Å². The van der Waals surface area contributed by atoms with Gasteiger partial charge in [-0.3, -0.25) is 0 Å². The fourth-order valence-electron chi connectivity index (χ4n) is 5.41. The van der Waals surface area contributed by atoms with Crippen molar-refractivity contribution in [3.05, 3.63) is 66.2 Å². The van der Waals surface area contributed by atoms with Crippen molar-refractivity contribution in [3.8, 4) is 5.75 Å². The molecule has 0 N–H and O–H groups in total. The van der Waals surface area contributed by atoms with Crippen molar-refractivity contribution in [2.75, 3.05) is 19.8 Å². The fourth-order valence-corrected chi connectivity index (χ4v) is 5.41. The predicted octanol–water partition coefficient (Wildman–Crippen LogP) is 9.96. The topological polar surface area (TPSA) is 44.7 Å². The molecule has 0 radical (unpaired) electrons. The standard InChI is InChI=1S/C34H36O4/c1-3-5-6-7-16-36-26-12-13-27-29-21-34-30(22-33(29)38-32(27)20-26)28-18-24-11-10-23(9-8-15-35-14-4-2)17-25(24)19-31(28)37-34/h10-13,17-22H,3-9,14-16H2,1-2H3. The molecule has 6 rings (SSSR count). The van der Waals surface area contributed by atoms with Gasteiger partial charge in [-0.25, -0.2) is 0 Å². The number of hydrogen-bond acceptors (Lipinski definition) is 4. The zero-order valence-electron chi connectivity index (χ0n) is 22.5. The van der Waals surface area contributed by atoms with Crippen LogP contribution in [0.25, 0.3) is 54.6 Å². The summed E-state index contributed by atoms with van der Waals surface area (Å²) < 4.78 is 24.3. The van der Waals surface area contributed by atoms with Crippen LogP contribution in [0.3, 0.4) is 0 Å². The van der Waals surface area contributed by atoms with Gasteiger partial charge in [-0.1, -0.05) is 51.3 Å². The molecule has 0 aliphatic rings. The molecule has 0 bridgehead atoms. The zero-order valence-corrected chi connectivity index (χ0v) is 22.5. The fraction of sp³-hybridized carbons (Fsp3) is 0.353. The van der Waals surface area contributed by atoms with Crippen LogP contribution in [-0.2, 0) is 11.2 Å². The van der Waals surface area contributed by atoms with E-state index in [4.69, 9.17) is 18.3 Å². The molecule has 0 aliphatic carbocycles. The van der Waals surface area contributed by atoms with Crippen LogP contribution in [0.4, 0.5) is 0 Å². The maximum Gasteiger partial charge on any atom is 0.139 e. The van der Waals surface area contributed by atoms with Crippen molar-refractivity contribution in [2.45, 2.75) is 58.8 Å². The van der Waals surface area contributed by atoms with E-state index in [-0.39, 0.29) is 0 Å². The summed E-state index contributed by atoms with van der Waals surface area (Å²) in [4.78, 5) is 0. The highest BCUT2D eigenvalue weighted by atomic mass is 16.5. The molecule has 4 aromatic carbocycles. The normalized spacial score (nSPS) is 12.1. The van der Waals surface area contributed by atoms with Gasteiger partial charge in [-0.15, -0.1) is 0 Å². The molecule has 0 aliphatic heterocycles. The Morgan fingerprint density at radius 1 is 0.553 bits per heavy atom. The van der Waals surface area contributed by atoms with Crippen LogP contribution in [-0.4, -0.2) is 19.8 Å². The number of furan rings is 2. The third-order valence-electron chi connectivity index (χ3n) is 7.43. The summed E-state index contributed by atoms with van der Waals surface area (Å²) in [7, 11) is 0. The summed E-state index contributed by atoms with van der Waals surface area (Å²) in [6.07, 6.45) is 7.91. The lowest BCUT2D eigenvalue weighted by Gasteiger charge is -2.05. The molecule has 0 saturated heterocycles. The van der Waals surface area contributed by atoms with Gasteiger partial charge in [-0.05, 0) is 78.4 Å². The summed E-state index contributed by atoms with van der Waals surface area (Å²) in [6, 6.07) is 21.5. The summed E-state index contributed by atoms with van der Waals surface area (Å²) in [6.45, 7) is 6.77. The minimum Gasteiger partial charge on any atom is -0.493 e. The molecule has 0 amide bonds. The minimum atomic E-state index is 0.744. The Morgan fingerprint density at radius 3 is 2.13 bits per heavy atom. The van der Waals surface area contributed by atoms with Gasteiger partial charge in [0.2, 0.25) is 0 Å². The van der Waals surface area contributed by atoms with Gasteiger partial charge in [0.15, 0.2) is 0 Å². The lowest BCUT2D eigenvalue weighted by Crippen LogP contribution is -1.97. The lowest BCUT2D eigenvalue weighted by molar-refractivity contribution is 0.132. The Balaban J connectivity index is 1.29. The van der Waals surface area contributed by atoms with Gasteiger partial charge in [0.1, 0.15) is 28.1 Å². The van der Waals surface area contributed by atoms with E-state index in [1.165, 1.54) is 35.6 Å². The second-order valence-electron chi connectivity index (χ2n) is 10.4. The molecule has 2 aromatic heterocycles. The molecule has 38 heavy (non-hydrogen) atoms. The van der Waals surface area contributed by atoms with E-state index in [1.54, 1.807) is 0 Å². The Kier molecular flexibility index (Phi) is 7.24. The smallest absolute Gasteiger partial charge is 0.139 e. The third kappa shape index (κ3) is 4.98. The number of unbranched alkanes of at least 4 members (excludes halogenated alkanes) is 3. The number of ether oxygens (including phenoxy) is 2. The minimum absolute atomic E-state index is 0.744. The van der Waals surface area contributed by atoms with Gasteiger partial charge in [0.25, 0.3) is 0 Å². The first kappa shape index (κ1) is 24.8. The largest absolute Gasteiger partial charge is 0.493 e. The number of fused-ring (bicyclic) bond motifs is 7. The second kappa shape index (κ2) is 11.1. The van der Waals surface area contributed by atoms with Crippen molar-refractivity contribution in [3.63, 3.8) is 0 Å². The molecule has 2 heterocycles. The lowest BCUT2D eigenvalue weighted by atomic mass is 10.0. The predicted molar refractivity (Wildman–Crippen MR) is 158 cm³/mol. The number of rotatable bonds is 12. The van der Waals surface area contributed by atoms with Gasteiger partial charge < -0.3 is 18.3 Å². The van der Waals surface area contributed by atoms with Gasteiger partial charge in [-0.2, -0.15) is 0 Å². The first-order valence-corrected chi connectivity index (χ1v) is 14.2. The van der Waals surface area contributed by atoms with Gasteiger partial charge in [0, 0.05) is 40.8 Å². The average molecular weight is 509 g/mol. The highest BCUT2D eigenvalue weighted by molar-refractivity contribution is 6.16. The van der Waals surface area contributed by atoms with E-state index in [1.807, 2.05) is 12.1 Å². The molecule has 0 atom stereocenters. The van der Waals surface area contributed by atoms with E-state index >= 15 is 0 Å². The molecule has 0 spiro atoms. The maximum atomic E-state index is 6.37. The first-order valence-electron chi connectivity index (χ1n) is 14.2. The summed E-state index contributed by atoms with van der Waals surface area (Å²) >= 11 is 0. The van der Waals surface area contributed by atoms with Crippen LogP contribution in [0.1, 0.15) is 57.9 Å². The van der Waals surface area contributed by atoms with E-state index < -0.39 is 0 Å². The molecule has 196 valence electrons. The van der Waals surface area contributed by atoms with Crippen molar-refractivity contribution in [1.29, 1.82) is 0 Å². The first-order chi connectivity index (χ1) is 18.7. The quantitative estimate of drug-likeness (QED) is 0.154. The van der Waals surface area contributed by atoms with Crippen LogP contribution in [0.2, 0.25) is 0 Å². The van der Waals surface area contributed by atoms with Crippen LogP contribution >= 0.6 is 0 Å². The summed E-state index contributed by atoms with van der Waals surface area (Å²) in [5, 5.41) is 6.78. The molecule has 4 nitrogen and oxygen atoms in total. The molecule has 0 unspecified atom stereocenters. The number of hydrogen-bond donors (Lipinski definition) is 0. The van der Waals surface area contributed by atoms with Crippen LogP contribution in [0.15, 0.2) is 69.5 Å². The van der Waals surface area contributed by atoms with Crippen molar-refractivity contribution in [1.82, 2.24) is 0 Å². The molecule has 4 heteroatoms. The molecule has 0 saturated carbocycles. The Labute approximate surface area is 223 Å². The van der Waals surface area contributed by atoms with E-state index in [9.17, 15) is 0 Å². The number of benzene rings is 4. The third-order valence-corrected chi connectivity index (χ3v) is 7.43. The average Bonchev–Trinajstić information content (AvgIpc) is 3.46. The van der Waals surface area contributed by atoms with Gasteiger partial charge in [0.05, 0.1) is 6.61 Å². The number of aryl methyl sites for hydroxylation is 1. The SMILES string of the molecule is CCCCCCOc1ccc2c(c1)oc1cc3c(cc12)oc1cc2cc(CCCOCCC)ccc2cc13. The van der Waals surface area contributed by atoms with Crippen molar-refractivity contribution < 1.29 is 18.3 Å². The van der Waals surface area contributed by atoms with Gasteiger partial charge >= 0.3 is 0 Å². The molecule has 0 fully saturated rings. The van der Waals surface area contributed by atoms with Crippen LogP contribution in [0.5, 0.6) is 5.75 Å². The van der Waals surface area contributed by atoms with Crippen LogP contribution in [0, 0.1) is 0 Å². The highest BCUT2D eigenvalue weighted by Gasteiger charge is 2.15. The maximum absolute atomic E-state index is 6.37. The Bertz CT molecular complexity index is 1680. The van der Waals surface area contributed by atoms with Crippen molar-refractivity contribution >= 4 is 54.6 Å². The zero-order chi connectivity index (χ0) is 25.9. The second-order valence-corrected chi connectivity index (χ2v) is 10.4. The molecular weight excluding hydrogens is 472 g/mol. The Hall–Kier alpha value is -3.50. The molecule has 6 aromatic rings.